The molecule has 0 unspecified atom stereocenters. The van der Waals surface area contributed by atoms with Crippen LogP contribution in [0, 0.1) is 12.3 Å². The first-order valence-electron chi connectivity index (χ1n) is 12.3. The van der Waals surface area contributed by atoms with Gasteiger partial charge in [0.1, 0.15) is 12.4 Å². The molecule has 0 bridgehead atoms. The van der Waals surface area contributed by atoms with Crippen LogP contribution < -0.4 is 5.32 Å². The highest BCUT2D eigenvalue weighted by atomic mass is 16.5. The Labute approximate surface area is 187 Å². The van der Waals surface area contributed by atoms with E-state index in [4.69, 9.17) is 9.73 Å². The first-order valence-corrected chi connectivity index (χ1v) is 12.3. The Morgan fingerprint density at radius 1 is 1.03 bits per heavy atom. The van der Waals surface area contributed by atoms with Gasteiger partial charge in [0, 0.05) is 46.3 Å². The minimum Gasteiger partial charge on any atom is -0.379 e. The zero-order valence-corrected chi connectivity index (χ0v) is 19.6. The summed E-state index contributed by atoms with van der Waals surface area (Å²) in [7, 11) is 2.02. The van der Waals surface area contributed by atoms with E-state index < -0.39 is 0 Å². The van der Waals surface area contributed by atoms with Crippen LogP contribution in [0.3, 0.4) is 0 Å². The number of hydrogen-bond acceptors (Lipinski definition) is 5. The Kier molecular flexibility index (Phi) is 7.82. The van der Waals surface area contributed by atoms with Crippen molar-refractivity contribution in [1.82, 2.24) is 29.9 Å². The quantitative estimate of drug-likeness (QED) is 0.570. The van der Waals surface area contributed by atoms with Crippen LogP contribution in [-0.2, 0) is 18.3 Å². The number of likely N-dealkylation sites (tertiary alicyclic amines) is 1. The molecule has 2 aliphatic heterocycles. The number of morpholine rings is 1. The average molecular weight is 432 g/mol. The molecule has 31 heavy (non-hydrogen) atoms. The maximum absolute atomic E-state index is 5.49. The molecule has 0 amide bonds. The van der Waals surface area contributed by atoms with Crippen molar-refractivity contribution in [3.05, 3.63) is 11.6 Å². The second kappa shape index (κ2) is 10.8. The van der Waals surface area contributed by atoms with Gasteiger partial charge in [-0.15, -0.1) is 10.2 Å². The SMILES string of the molecule is Cc1nnc(CN=C(NCCN2CCOCC2)N2CCCC3(CCCCCC3)C2)n1C. The largest absolute Gasteiger partial charge is 0.379 e. The van der Waals surface area contributed by atoms with Crippen LogP contribution in [-0.4, -0.2) is 83.0 Å². The molecule has 3 heterocycles. The van der Waals surface area contributed by atoms with E-state index in [-0.39, 0.29) is 0 Å². The lowest BCUT2D eigenvalue weighted by atomic mass is 9.74. The third kappa shape index (κ3) is 5.98. The van der Waals surface area contributed by atoms with Gasteiger partial charge in [-0.2, -0.15) is 0 Å². The van der Waals surface area contributed by atoms with Gasteiger partial charge in [0.25, 0.3) is 0 Å². The predicted molar refractivity (Wildman–Crippen MR) is 123 cm³/mol. The summed E-state index contributed by atoms with van der Waals surface area (Å²) in [5.41, 5.74) is 0.489. The second-order valence-electron chi connectivity index (χ2n) is 9.68. The van der Waals surface area contributed by atoms with E-state index >= 15 is 0 Å². The number of aryl methyl sites for hydroxylation is 1. The Bertz CT molecular complexity index is 718. The summed E-state index contributed by atoms with van der Waals surface area (Å²) in [6.07, 6.45) is 11.0. The third-order valence-corrected chi connectivity index (χ3v) is 7.49. The van der Waals surface area contributed by atoms with Gasteiger partial charge in [-0.05, 0) is 38.0 Å². The van der Waals surface area contributed by atoms with Crippen molar-refractivity contribution in [2.45, 2.75) is 64.8 Å². The van der Waals surface area contributed by atoms with Gasteiger partial charge in [-0.1, -0.05) is 25.7 Å². The average Bonchev–Trinajstić information content (AvgIpc) is 2.97. The number of hydrogen-bond donors (Lipinski definition) is 1. The monoisotopic (exact) mass is 431 g/mol. The highest BCUT2D eigenvalue weighted by molar-refractivity contribution is 5.80. The first-order chi connectivity index (χ1) is 15.2. The molecule has 3 fully saturated rings. The van der Waals surface area contributed by atoms with Crippen molar-refractivity contribution in [3.63, 3.8) is 0 Å². The van der Waals surface area contributed by atoms with Crippen LogP contribution in [0.15, 0.2) is 4.99 Å². The minimum atomic E-state index is 0.489. The molecule has 4 rings (SSSR count). The summed E-state index contributed by atoms with van der Waals surface area (Å²) < 4.78 is 7.53. The number of nitrogens with zero attached hydrogens (tertiary/aromatic N) is 6. The maximum atomic E-state index is 5.49. The van der Waals surface area contributed by atoms with Gasteiger partial charge in [-0.25, -0.2) is 4.99 Å². The number of aliphatic imine (C=N–C) groups is 1. The summed E-state index contributed by atoms with van der Waals surface area (Å²) in [6.45, 7) is 10.5. The summed E-state index contributed by atoms with van der Waals surface area (Å²) >= 11 is 0. The van der Waals surface area contributed by atoms with Gasteiger partial charge in [0.05, 0.1) is 13.2 Å². The van der Waals surface area contributed by atoms with Crippen LogP contribution in [0.4, 0.5) is 0 Å². The number of ether oxygens (including phenoxy) is 1. The van der Waals surface area contributed by atoms with Gasteiger partial charge in [0.2, 0.25) is 0 Å². The fourth-order valence-corrected chi connectivity index (χ4v) is 5.43. The highest BCUT2D eigenvalue weighted by Crippen LogP contribution is 2.42. The smallest absolute Gasteiger partial charge is 0.194 e. The highest BCUT2D eigenvalue weighted by Gasteiger charge is 2.36. The summed E-state index contributed by atoms with van der Waals surface area (Å²) in [5.74, 6) is 2.91. The molecule has 1 N–H and O–H groups in total. The van der Waals surface area contributed by atoms with Gasteiger partial charge < -0.3 is 19.5 Å². The molecule has 0 atom stereocenters. The molecule has 174 valence electrons. The van der Waals surface area contributed by atoms with E-state index in [9.17, 15) is 0 Å². The summed E-state index contributed by atoms with van der Waals surface area (Å²) in [5, 5.41) is 12.2. The van der Waals surface area contributed by atoms with Gasteiger partial charge in [0.15, 0.2) is 11.8 Å². The zero-order valence-electron chi connectivity index (χ0n) is 19.6. The Balaban J connectivity index is 1.43. The Hall–Kier alpha value is -1.67. The van der Waals surface area contributed by atoms with Crippen LogP contribution in [0.5, 0.6) is 0 Å². The molecule has 1 saturated carbocycles. The third-order valence-electron chi connectivity index (χ3n) is 7.49. The fourth-order valence-electron chi connectivity index (χ4n) is 5.43. The molecule has 8 heteroatoms. The zero-order chi connectivity index (χ0) is 21.5. The molecule has 1 aliphatic carbocycles. The van der Waals surface area contributed by atoms with E-state index in [0.29, 0.717) is 12.0 Å². The lowest BCUT2D eigenvalue weighted by molar-refractivity contribution is 0.0387. The molecule has 1 spiro atoms. The van der Waals surface area contributed by atoms with Gasteiger partial charge >= 0.3 is 0 Å². The first kappa shape index (κ1) is 22.5. The molecule has 1 aromatic rings. The van der Waals surface area contributed by atoms with Crippen molar-refractivity contribution in [2.24, 2.45) is 17.5 Å². The van der Waals surface area contributed by atoms with Crippen LogP contribution in [0.25, 0.3) is 0 Å². The van der Waals surface area contributed by atoms with E-state index in [0.717, 1.165) is 70.1 Å². The summed E-state index contributed by atoms with van der Waals surface area (Å²) in [6, 6.07) is 0. The number of guanidine groups is 1. The van der Waals surface area contributed by atoms with E-state index in [2.05, 4.69) is 25.3 Å². The molecule has 0 radical (unpaired) electrons. The standard InChI is InChI=1S/C23H41N7O/c1-20-26-27-21(28(20)2)18-25-22(24-11-13-29-14-16-31-17-15-29)30-12-7-10-23(19-30)8-5-3-4-6-9-23/h3-19H2,1-2H3,(H,24,25). The lowest BCUT2D eigenvalue weighted by Crippen LogP contribution is -2.52. The Morgan fingerprint density at radius 2 is 1.77 bits per heavy atom. The van der Waals surface area contributed by atoms with Crippen molar-refractivity contribution in [2.75, 3.05) is 52.5 Å². The van der Waals surface area contributed by atoms with Crippen LogP contribution in [0.1, 0.15) is 63.0 Å². The lowest BCUT2D eigenvalue weighted by Gasteiger charge is -2.44. The van der Waals surface area contributed by atoms with Crippen molar-refractivity contribution < 1.29 is 4.74 Å². The molecular weight excluding hydrogens is 390 g/mol. The van der Waals surface area contributed by atoms with Crippen LogP contribution >= 0.6 is 0 Å². The fraction of sp³-hybridized carbons (Fsp3) is 0.870. The van der Waals surface area contributed by atoms with Crippen LogP contribution in [0.2, 0.25) is 0 Å². The van der Waals surface area contributed by atoms with E-state index in [1.807, 2.05) is 18.5 Å². The van der Waals surface area contributed by atoms with Gasteiger partial charge in [-0.3, -0.25) is 4.90 Å². The molecular formula is C23H41N7O. The van der Waals surface area contributed by atoms with E-state index in [1.165, 1.54) is 51.4 Å². The van der Waals surface area contributed by atoms with Crippen molar-refractivity contribution in [3.8, 4) is 0 Å². The molecule has 0 aromatic carbocycles. The maximum Gasteiger partial charge on any atom is 0.194 e. The van der Waals surface area contributed by atoms with Crippen molar-refractivity contribution in [1.29, 1.82) is 0 Å². The molecule has 8 nitrogen and oxygen atoms in total. The molecule has 2 saturated heterocycles. The topological polar surface area (TPSA) is 70.8 Å². The number of rotatable bonds is 5. The van der Waals surface area contributed by atoms with E-state index in [1.54, 1.807) is 0 Å². The molecule has 1 aromatic heterocycles. The number of aromatic nitrogens is 3. The molecule has 3 aliphatic rings. The normalized spacial score (nSPS) is 23.2. The minimum absolute atomic E-state index is 0.489. The van der Waals surface area contributed by atoms with Crippen molar-refractivity contribution >= 4 is 5.96 Å². The second-order valence-corrected chi connectivity index (χ2v) is 9.68. The predicted octanol–water partition coefficient (Wildman–Crippen LogP) is 2.34. The number of nitrogens with one attached hydrogen (secondary N) is 1. The summed E-state index contributed by atoms with van der Waals surface area (Å²) in [4.78, 5) is 10.1. The Morgan fingerprint density at radius 3 is 2.48 bits per heavy atom. The number of piperidine rings is 1.